The van der Waals surface area contributed by atoms with Crippen molar-refractivity contribution in [1.82, 2.24) is 5.32 Å². The Kier molecular flexibility index (Phi) is 6.56. The van der Waals surface area contributed by atoms with Gasteiger partial charge in [-0.15, -0.1) is 0 Å². The lowest BCUT2D eigenvalue weighted by atomic mass is 9.83. The molecule has 1 amide bonds. The van der Waals surface area contributed by atoms with Crippen LogP contribution in [0, 0.1) is 5.92 Å². The summed E-state index contributed by atoms with van der Waals surface area (Å²) in [6.07, 6.45) is 3.67. The number of hydrogen-bond donors (Lipinski definition) is 2. The summed E-state index contributed by atoms with van der Waals surface area (Å²) in [5.41, 5.74) is 4.56. The van der Waals surface area contributed by atoms with E-state index in [0.29, 0.717) is 6.42 Å². The Morgan fingerprint density at radius 1 is 1.00 bits per heavy atom. The number of amides is 1. The van der Waals surface area contributed by atoms with Gasteiger partial charge in [0.15, 0.2) is 0 Å². The molecular weight excluding hydrogens is 394 g/mol. The summed E-state index contributed by atoms with van der Waals surface area (Å²) in [4.78, 5) is 24.2. The average molecular weight is 424 g/mol. The maximum Gasteiger partial charge on any atom is 0.407 e. The van der Waals surface area contributed by atoms with E-state index in [1.54, 1.807) is 7.11 Å². The van der Waals surface area contributed by atoms with Crippen LogP contribution in [0.4, 0.5) is 4.79 Å². The van der Waals surface area contributed by atoms with Crippen molar-refractivity contribution in [3.63, 3.8) is 0 Å². The van der Waals surface area contributed by atoms with Crippen LogP contribution in [0.3, 0.4) is 0 Å². The largest absolute Gasteiger partial charge is 0.480 e. The number of carbonyl (C=O) groups excluding carboxylic acids is 1. The predicted molar refractivity (Wildman–Crippen MR) is 117 cm³/mol. The number of aliphatic carboxylic acids is 1. The predicted octanol–water partition coefficient (Wildman–Crippen LogP) is 4.57. The van der Waals surface area contributed by atoms with E-state index in [1.165, 1.54) is 0 Å². The van der Waals surface area contributed by atoms with Gasteiger partial charge in [0.2, 0.25) is 0 Å². The topological polar surface area (TPSA) is 84.9 Å². The van der Waals surface area contributed by atoms with Gasteiger partial charge in [-0.2, -0.15) is 0 Å². The standard InChI is InChI=1S/C25H29NO5/c1-30-17-12-10-16(11-13-17)14-23(24(27)28)26-25(29)31-15-22-20-8-4-2-6-18(20)19-7-3-5-9-21(19)22/h2-9,16-17,22-23H,10-15H2,1H3,(H,26,29)(H,27,28)/t16?,17?,23-/m0/s1. The van der Waals surface area contributed by atoms with Crippen LogP contribution in [0.15, 0.2) is 48.5 Å². The molecule has 0 unspecified atom stereocenters. The lowest BCUT2D eigenvalue weighted by Gasteiger charge is -2.29. The number of rotatable bonds is 7. The normalized spacial score (nSPS) is 21.1. The Labute approximate surface area is 182 Å². The van der Waals surface area contributed by atoms with Crippen molar-refractivity contribution in [3.8, 4) is 11.1 Å². The van der Waals surface area contributed by atoms with Crippen LogP contribution in [0.2, 0.25) is 0 Å². The molecule has 2 aromatic carbocycles. The molecular formula is C25H29NO5. The van der Waals surface area contributed by atoms with E-state index in [-0.39, 0.29) is 24.5 Å². The molecule has 2 aliphatic carbocycles. The van der Waals surface area contributed by atoms with E-state index < -0.39 is 18.1 Å². The molecule has 0 aliphatic heterocycles. The molecule has 0 radical (unpaired) electrons. The second-order valence-electron chi connectivity index (χ2n) is 8.47. The Balaban J connectivity index is 1.35. The maximum absolute atomic E-state index is 12.5. The van der Waals surface area contributed by atoms with Crippen molar-refractivity contribution < 1.29 is 24.2 Å². The lowest BCUT2D eigenvalue weighted by Crippen LogP contribution is -2.43. The Bertz CT molecular complexity index is 890. The first-order valence-corrected chi connectivity index (χ1v) is 10.9. The number of benzene rings is 2. The van der Waals surface area contributed by atoms with E-state index in [2.05, 4.69) is 29.6 Å². The Hall–Kier alpha value is -2.86. The molecule has 31 heavy (non-hydrogen) atoms. The maximum atomic E-state index is 12.5. The van der Waals surface area contributed by atoms with Crippen molar-refractivity contribution in [3.05, 3.63) is 59.7 Å². The third-order valence-electron chi connectivity index (χ3n) is 6.63. The van der Waals surface area contributed by atoms with Crippen molar-refractivity contribution >= 4 is 12.1 Å². The number of alkyl carbamates (subject to hydrolysis) is 1. The molecule has 0 bridgehead atoms. The first-order chi connectivity index (χ1) is 15.1. The van der Waals surface area contributed by atoms with Crippen molar-refractivity contribution in [1.29, 1.82) is 0 Å². The highest BCUT2D eigenvalue weighted by Gasteiger charge is 2.31. The molecule has 0 saturated heterocycles. The molecule has 2 aliphatic rings. The third-order valence-corrected chi connectivity index (χ3v) is 6.63. The highest BCUT2D eigenvalue weighted by Crippen LogP contribution is 2.44. The number of fused-ring (bicyclic) bond motifs is 3. The zero-order valence-corrected chi connectivity index (χ0v) is 17.8. The van der Waals surface area contributed by atoms with Gasteiger partial charge < -0.3 is 19.9 Å². The Morgan fingerprint density at radius 3 is 2.13 bits per heavy atom. The van der Waals surface area contributed by atoms with Crippen LogP contribution in [-0.4, -0.2) is 43.0 Å². The van der Waals surface area contributed by atoms with Gasteiger partial charge in [0.1, 0.15) is 12.6 Å². The fraction of sp³-hybridized carbons (Fsp3) is 0.440. The van der Waals surface area contributed by atoms with Crippen LogP contribution in [-0.2, 0) is 14.3 Å². The molecule has 2 aromatic rings. The molecule has 0 heterocycles. The second-order valence-corrected chi connectivity index (χ2v) is 8.47. The number of carboxylic acids is 1. The fourth-order valence-electron chi connectivity index (χ4n) is 4.94. The molecule has 2 N–H and O–H groups in total. The van der Waals surface area contributed by atoms with Crippen molar-refractivity contribution in [2.45, 2.75) is 50.2 Å². The zero-order chi connectivity index (χ0) is 21.8. The van der Waals surface area contributed by atoms with E-state index in [4.69, 9.17) is 9.47 Å². The van der Waals surface area contributed by atoms with Crippen LogP contribution >= 0.6 is 0 Å². The molecule has 1 saturated carbocycles. The van der Waals surface area contributed by atoms with Gasteiger partial charge in [0.25, 0.3) is 0 Å². The Morgan fingerprint density at radius 2 is 1.58 bits per heavy atom. The molecule has 4 rings (SSSR count). The number of ether oxygens (including phenoxy) is 2. The summed E-state index contributed by atoms with van der Waals surface area (Å²) < 4.78 is 10.9. The van der Waals surface area contributed by atoms with Gasteiger partial charge in [-0.05, 0) is 60.3 Å². The van der Waals surface area contributed by atoms with Crippen LogP contribution in [0.5, 0.6) is 0 Å². The smallest absolute Gasteiger partial charge is 0.407 e. The number of methoxy groups -OCH3 is 1. The lowest BCUT2D eigenvalue weighted by molar-refractivity contribution is -0.140. The van der Waals surface area contributed by atoms with E-state index >= 15 is 0 Å². The number of carboxylic acid groups (broad SMARTS) is 1. The van der Waals surface area contributed by atoms with Gasteiger partial charge in [-0.3, -0.25) is 0 Å². The average Bonchev–Trinajstić information content (AvgIpc) is 3.11. The van der Waals surface area contributed by atoms with Gasteiger partial charge in [0, 0.05) is 13.0 Å². The monoisotopic (exact) mass is 423 g/mol. The van der Waals surface area contributed by atoms with Gasteiger partial charge in [-0.1, -0.05) is 48.5 Å². The minimum absolute atomic E-state index is 0.0502. The second kappa shape index (κ2) is 9.52. The van der Waals surface area contributed by atoms with E-state index in [9.17, 15) is 14.7 Å². The van der Waals surface area contributed by atoms with Crippen LogP contribution < -0.4 is 5.32 Å². The zero-order valence-electron chi connectivity index (χ0n) is 17.8. The van der Waals surface area contributed by atoms with Gasteiger partial charge >= 0.3 is 12.1 Å². The van der Waals surface area contributed by atoms with E-state index in [1.807, 2.05) is 24.3 Å². The summed E-state index contributed by atoms with van der Waals surface area (Å²) in [5, 5.41) is 12.2. The SMILES string of the molecule is COC1CCC(C[C@H](NC(=O)OCC2c3ccccc3-c3ccccc32)C(=O)O)CC1. The van der Waals surface area contributed by atoms with Crippen molar-refractivity contribution in [2.24, 2.45) is 5.92 Å². The van der Waals surface area contributed by atoms with Crippen molar-refractivity contribution in [2.75, 3.05) is 13.7 Å². The van der Waals surface area contributed by atoms with Gasteiger partial charge in [-0.25, -0.2) is 9.59 Å². The highest BCUT2D eigenvalue weighted by atomic mass is 16.5. The first-order valence-electron chi connectivity index (χ1n) is 10.9. The van der Waals surface area contributed by atoms with Crippen LogP contribution in [0.1, 0.15) is 49.1 Å². The number of hydrogen-bond acceptors (Lipinski definition) is 4. The fourth-order valence-corrected chi connectivity index (χ4v) is 4.94. The summed E-state index contributed by atoms with van der Waals surface area (Å²) in [7, 11) is 1.71. The number of nitrogens with one attached hydrogen (secondary N) is 1. The summed E-state index contributed by atoms with van der Waals surface area (Å²) >= 11 is 0. The summed E-state index contributed by atoms with van der Waals surface area (Å²) in [5.74, 6) is -0.811. The molecule has 1 atom stereocenters. The third kappa shape index (κ3) is 4.74. The first kappa shape index (κ1) is 21.4. The molecule has 6 heteroatoms. The summed E-state index contributed by atoms with van der Waals surface area (Å²) in [6.45, 7) is 0.172. The molecule has 0 aromatic heterocycles. The molecule has 164 valence electrons. The minimum Gasteiger partial charge on any atom is -0.480 e. The molecule has 1 fully saturated rings. The molecule has 6 nitrogen and oxygen atoms in total. The highest BCUT2D eigenvalue weighted by molar-refractivity contribution is 5.81. The number of carbonyl (C=O) groups is 2. The quantitative estimate of drug-likeness (QED) is 0.681. The van der Waals surface area contributed by atoms with Gasteiger partial charge in [0.05, 0.1) is 6.10 Å². The minimum atomic E-state index is -1.03. The summed E-state index contributed by atoms with van der Waals surface area (Å²) in [6, 6.07) is 15.3. The van der Waals surface area contributed by atoms with E-state index in [0.717, 1.165) is 47.9 Å². The molecule has 0 spiro atoms. The van der Waals surface area contributed by atoms with Crippen LogP contribution in [0.25, 0.3) is 11.1 Å².